The first kappa shape index (κ1) is 30.6. The minimum Gasteiger partial charge on any atom is -0.203 e. The van der Waals surface area contributed by atoms with E-state index in [0.29, 0.717) is 33.4 Å². The summed E-state index contributed by atoms with van der Waals surface area (Å²) in [5.41, 5.74) is 3.16. The number of hydrogen-bond acceptors (Lipinski definition) is 0. The van der Waals surface area contributed by atoms with Gasteiger partial charge in [-0.05, 0) is 63.8 Å². The molecule has 5 aromatic carbocycles. The monoisotopic (exact) mass is 606 g/mol. The van der Waals surface area contributed by atoms with E-state index in [1.165, 1.54) is 0 Å². The molecule has 0 saturated heterocycles. The van der Waals surface area contributed by atoms with Crippen molar-refractivity contribution < 1.29 is 35.1 Å². The quantitative estimate of drug-likeness (QED) is 0.0541. The van der Waals surface area contributed by atoms with Gasteiger partial charge in [0.25, 0.3) is 0 Å². The lowest BCUT2D eigenvalue weighted by Crippen LogP contribution is -2.07. The standard InChI is InChI=1S/C36H22F8/c1-15-11-17(3)21(18(4)12-15)7-9-23-25-27(31(39)35(43)33(41)29(25)37)24(10-8-22-19(5)13-16(2)14-20(22)6)28-26(23)30(38)34(42)36(44)32(28)40/h11-14H,1-6H3. The highest BCUT2D eigenvalue weighted by Crippen LogP contribution is 2.41. The largest absolute Gasteiger partial charge is 0.203 e. The van der Waals surface area contributed by atoms with Gasteiger partial charge in [0, 0.05) is 43.8 Å². The van der Waals surface area contributed by atoms with Crippen LogP contribution in [-0.4, -0.2) is 0 Å². The molecule has 0 aliphatic carbocycles. The van der Waals surface area contributed by atoms with Crippen molar-refractivity contribution in [3.63, 3.8) is 0 Å². The van der Waals surface area contributed by atoms with Crippen LogP contribution >= 0.6 is 0 Å². The number of fused-ring (bicyclic) bond motifs is 2. The number of benzene rings is 5. The third-order valence-corrected chi connectivity index (χ3v) is 7.51. The number of hydrogen-bond donors (Lipinski definition) is 0. The van der Waals surface area contributed by atoms with Crippen molar-refractivity contribution in [3.05, 3.63) is 126 Å². The van der Waals surface area contributed by atoms with Crippen LogP contribution < -0.4 is 0 Å². The van der Waals surface area contributed by atoms with Gasteiger partial charge in [0.2, 0.25) is 0 Å². The molecule has 8 heteroatoms. The molecule has 5 rings (SSSR count). The van der Waals surface area contributed by atoms with Crippen molar-refractivity contribution in [1.29, 1.82) is 0 Å². The Balaban J connectivity index is 2.07. The zero-order chi connectivity index (χ0) is 32.4. The Morgan fingerprint density at radius 3 is 0.750 bits per heavy atom. The van der Waals surface area contributed by atoms with Gasteiger partial charge in [-0.1, -0.05) is 59.1 Å². The van der Waals surface area contributed by atoms with Gasteiger partial charge >= 0.3 is 0 Å². The molecule has 0 saturated carbocycles. The predicted molar refractivity (Wildman–Crippen MR) is 154 cm³/mol. The highest BCUT2D eigenvalue weighted by molar-refractivity contribution is 6.11. The highest BCUT2D eigenvalue weighted by Gasteiger charge is 2.32. The van der Waals surface area contributed by atoms with Crippen LogP contribution in [0.5, 0.6) is 0 Å². The van der Waals surface area contributed by atoms with Gasteiger partial charge in [-0.25, -0.2) is 35.1 Å². The van der Waals surface area contributed by atoms with E-state index in [-0.39, 0.29) is 0 Å². The molecule has 0 atom stereocenters. The van der Waals surface area contributed by atoms with Crippen LogP contribution in [0, 0.1) is 112 Å². The summed E-state index contributed by atoms with van der Waals surface area (Å²) in [7, 11) is 0. The summed E-state index contributed by atoms with van der Waals surface area (Å²) >= 11 is 0. The zero-order valence-corrected chi connectivity index (χ0v) is 24.3. The molecular formula is C36H22F8. The molecular weight excluding hydrogens is 584 g/mol. The first-order chi connectivity index (χ1) is 20.6. The van der Waals surface area contributed by atoms with E-state index >= 15 is 17.6 Å². The van der Waals surface area contributed by atoms with Gasteiger partial charge < -0.3 is 0 Å². The molecule has 222 valence electrons. The average molecular weight is 607 g/mol. The molecule has 0 aliphatic heterocycles. The lowest BCUT2D eigenvalue weighted by molar-refractivity contribution is 0.416. The van der Waals surface area contributed by atoms with Crippen molar-refractivity contribution in [3.8, 4) is 23.7 Å². The van der Waals surface area contributed by atoms with Crippen molar-refractivity contribution in [2.45, 2.75) is 41.5 Å². The molecule has 0 spiro atoms. The van der Waals surface area contributed by atoms with Crippen molar-refractivity contribution in [1.82, 2.24) is 0 Å². The fourth-order valence-corrected chi connectivity index (χ4v) is 5.71. The second-order valence-corrected chi connectivity index (χ2v) is 10.8. The summed E-state index contributed by atoms with van der Waals surface area (Å²) in [6.07, 6.45) is 0. The first-order valence-corrected chi connectivity index (χ1v) is 13.3. The van der Waals surface area contributed by atoms with E-state index in [2.05, 4.69) is 23.7 Å². The summed E-state index contributed by atoms with van der Waals surface area (Å²) < 4.78 is 121. The average Bonchev–Trinajstić information content (AvgIpc) is 2.95. The molecule has 0 N–H and O–H groups in total. The molecule has 44 heavy (non-hydrogen) atoms. The molecule has 0 heterocycles. The van der Waals surface area contributed by atoms with Crippen LogP contribution in [0.2, 0.25) is 0 Å². The molecule has 0 aliphatic rings. The highest BCUT2D eigenvalue weighted by atomic mass is 19.2. The molecule has 0 radical (unpaired) electrons. The van der Waals surface area contributed by atoms with Crippen molar-refractivity contribution in [2.24, 2.45) is 0 Å². The van der Waals surface area contributed by atoms with E-state index in [1.807, 2.05) is 13.8 Å². The van der Waals surface area contributed by atoms with Gasteiger partial charge in [0.05, 0.1) is 0 Å². The van der Waals surface area contributed by atoms with Crippen LogP contribution in [-0.2, 0) is 0 Å². The topological polar surface area (TPSA) is 0 Å². The third kappa shape index (κ3) is 4.75. The molecule has 0 amide bonds. The van der Waals surface area contributed by atoms with Gasteiger partial charge in [-0.15, -0.1) is 0 Å². The van der Waals surface area contributed by atoms with Crippen LogP contribution in [0.25, 0.3) is 21.5 Å². The molecule has 0 bridgehead atoms. The second kappa shape index (κ2) is 11.0. The van der Waals surface area contributed by atoms with Crippen LogP contribution in [0.3, 0.4) is 0 Å². The van der Waals surface area contributed by atoms with Crippen molar-refractivity contribution in [2.75, 3.05) is 0 Å². The van der Waals surface area contributed by atoms with Crippen LogP contribution in [0.4, 0.5) is 35.1 Å². The van der Waals surface area contributed by atoms with E-state index < -0.39 is 79.2 Å². The lowest BCUT2D eigenvalue weighted by Gasteiger charge is -2.16. The van der Waals surface area contributed by atoms with E-state index in [0.717, 1.165) is 11.1 Å². The Labute approximate surface area is 248 Å². The fraction of sp³-hybridized carbons (Fsp3) is 0.167. The molecule has 0 fully saturated rings. The maximum absolute atomic E-state index is 15.6. The summed E-state index contributed by atoms with van der Waals surface area (Å²) in [5.74, 6) is -6.81. The second-order valence-electron chi connectivity index (χ2n) is 10.8. The molecule has 0 aromatic heterocycles. The van der Waals surface area contributed by atoms with E-state index in [4.69, 9.17) is 0 Å². The number of rotatable bonds is 0. The maximum atomic E-state index is 15.6. The van der Waals surface area contributed by atoms with Crippen LogP contribution in [0.15, 0.2) is 24.3 Å². The zero-order valence-electron chi connectivity index (χ0n) is 24.3. The van der Waals surface area contributed by atoms with E-state index in [9.17, 15) is 17.6 Å². The first-order valence-electron chi connectivity index (χ1n) is 13.3. The Morgan fingerprint density at radius 1 is 0.318 bits per heavy atom. The molecule has 0 unspecified atom stereocenters. The number of aryl methyl sites for hydroxylation is 6. The smallest absolute Gasteiger partial charge is 0.198 e. The van der Waals surface area contributed by atoms with Gasteiger partial charge in [-0.2, -0.15) is 0 Å². The lowest BCUT2D eigenvalue weighted by atomic mass is 9.89. The Bertz CT molecular complexity index is 1940. The van der Waals surface area contributed by atoms with Gasteiger partial charge in [0.15, 0.2) is 46.5 Å². The summed E-state index contributed by atoms with van der Waals surface area (Å²) in [6, 6.07) is 7.02. The Morgan fingerprint density at radius 2 is 0.523 bits per heavy atom. The van der Waals surface area contributed by atoms with E-state index in [1.54, 1.807) is 52.0 Å². The molecule has 0 nitrogen and oxygen atoms in total. The summed E-state index contributed by atoms with van der Waals surface area (Å²) in [5, 5.41) is -4.41. The Hall–Kier alpha value is -4.82. The molecule has 5 aromatic rings. The summed E-state index contributed by atoms with van der Waals surface area (Å²) in [6.45, 7) is 10.4. The van der Waals surface area contributed by atoms with Crippen LogP contribution in [0.1, 0.15) is 55.6 Å². The van der Waals surface area contributed by atoms with Gasteiger partial charge in [-0.3, -0.25) is 0 Å². The minimum absolute atomic E-state index is 0.359. The third-order valence-electron chi connectivity index (χ3n) is 7.51. The predicted octanol–water partition coefficient (Wildman–Crippen LogP) is 9.76. The SMILES string of the molecule is Cc1cc(C)c(C#Cc2c3c(F)c(F)c(F)c(F)c3c(C#Cc3c(C)cc(C)cc3C)c3c(F)c(F)c(F)c(F)c23)c(C)c1. The minimum atomic E-state index is -2.26. The fourth-order valence-electron chi connectivity index (χ4n) is 5.71. The van der Waals surface area contributed by atoms with Crippen molar-refractivity contribution >= 4 is 21.5 Å². The normalized spacial score (nSPS) is 11.0. The van der Waals surface area contributed by atoms with Gasteiger partial charge in [0.1, 0.15) is 0 Å². The Kier molecular flexibility index (Phi) is 7.68. The number of halogens is 8. The summed E-state index contributed by atoms with van der Waals surface area (Å²) in [4.78, 5) is 0. The maximum Gasteiger partial charge on any atom is 0.198 e.